The largest absolute Gasteiger partial charge is 0.478 e. The molecule has 0 spiro atoms. The fourth-order valence-electron chi connectivity index (χ4n) is 1.30. The van der Waals surface area contributed by atoms with Crippen molar-refractivity contribution in [2.75, 3.05) is 6.61 Å². The van der Waals surface area contributed by atoms with E-state index in [1.807, 2.05) is 19.9 Å². The Hall–Kier alpha value is -0.830. The van der Waals surface area contributed by atoms with E-state index >= 15 is 0 Å². The van der Waals surface area contributed by atoms with Crippen molar-refractivity contribution in [1.82, 2.24) is 9.97 Å². The Morgan fingerprint density at radius 1 is 1.40 bits per heavy atom. The number of alkyl halides is 1. The van der Waals surface area contributed by atoms with Gasteiger partial charge in [0.05, 0.1) is 6.61 Å². The molecule has 0 aliphatic carbocycles. The zero-order valence-corrected chi connectivity index (χ0v) is 10.2. The van der Waals surface area contributed by atoms with Crippen LogP contribution in [0.5, 0.6) is 5.88 Å². The lowest BCUT2D eigenvalue weighted by Crippen LogP contribution is -2.06. The quantitative estimate of drug-likeness (QED) is 0.727. The molecule has 0 N–H and O–H groups in total. The Morgan fingerprint density at radius 2 is 2.13 bits per heavy atom. The highest BCUT2D eigenvalue weighted by atomic mass is 35.5. The number of nitrogens with zero attached hydrogens (tertiary/aromatic N) is 2. The van der Waals surface area contributed by atoms with Crippen LogP contribution in [0, 0.1) is 6.92 Å². The predicted molar refractivity (Wildman–Crippen MR) is 61.6 cm³/mol. The van der Waals surface area contributed by atoms with Crippen molar-refractivity contribution in [3.63, 3.8) is 0 Å². The van der Waals surface area contributed by atoms with Gasteiger partial charge in [-0.15, -0.1) is 11.6 Å². The van der Waals surface area contributed by atoms with Crippen LogP contribution in [0.1, 0.15) is 31.8 Å². The van der Waals surface area contributed by atoms with Gasteiger partial charge >= 0.3 is 0 Å². The van der Waals surface area contributed by atoms with Gasteiger partial charge in [-0.1, -0.05) is 6.92 Å². The predicted octanol–water partition coefficient (Wildman–Crippen LogP) is 2.74. The number of hydrogen-bond acceptors (Lipinski definition) is 3. The van der Waals surface area contributed by atoms with E-state index in [1.54, 1.807) is 0 Å². The minimum Gasteiger partial charge on any atom is -0.478 e. The van der Waals surface area contributed by atoms with E-state index in [0.717, 1.165) is 24.4 Å². The molecule has 0 aliphatic heterocycles. The van der Waals surface area contributed by atoms with Gasteiger partial charge in [0.2, 0.25) is 5.88 Å². The summed E-state index contributed by atoms with van der Waals surface area (Å²) >= 11 is 6.08. The van der Waals surface area contributed by atoms with Gasteiger partial charge in [0.15, 0.2) is 0 Å². The number of halogens is 1. The molecule has 1 aromatic heterocycles. The average molecular weight is 229 g/mol. The van der Waals surface area contributed by atoms with Crippen LogP contribution in [0.15, 0.2) is 6.07 Å². The van der Waals surface area contributed by atoms with Crippen LogP contribution in [0.3, 0.4) is 0 Å². The number of rotatable bonds is 5. The maximum atomic E-state index is 6.08. The fraction of sp³-hybridized carbons (Fsp3) is 0.636. The average Bonchev–Trinajstić information content (AvgIpc) is 2.17. The van der Waals surface area contributed by atoms with Crippen molar-refractivity contribution in [2.24, 2.45) is 0 Å². The fourth-order valence-corrected chi connectivity index (χ4v) is 1.46. The first-order valence-corrected chi connectivity index (χ1v) is 5.70. The summed E-state index contributed by atoms with van der Waals surface area (Å²) in [4.78, 5) is 8.51. The maximum Gasteiger partial charge on any atom is 0.216 e. The minimum atomic E-state index is 0.133. The molecule has 1 aromatic rings. The Labute approximate surface area is 95.8 Å². The van der Waals surface area contributed by atoms with Gasteiger partial charge < -0.3 is 4.74 Å². The molecule has 0 aliphatic rings. The third kappa shape index (κ3) is 4.04. The summed E-state index contributed by atoms with van der Waals surface area (Å²) in [6.45, 7) is 6.48. The molecule has 84 valence electrons. The number of ether oxygens (including phenoxy) is 1. The SMILES string of the molecule is CCOc1cc(CC(Cl)CC)nc(C)n1. The summed E-state index contributed by atoms with van der Waals surface area (Å²) in [5.41, 5.74) is 0.952. The molecule has 1 atom stereocenters. The van der Waals surface area contributed by atoms with Crippen LogP contribution < -0.4 is 4.74 Å². The van der Waals surface area contributed by atoms with Crippen molar-refractivity contribution in [2.45, 2.75) is 39.0 Å². The van der Waals surface area contributed by atoms with E-state index in [-0.39, 0.29) is 5.38 Å². The zero-order chi connectivity index (χ0) is 11.3. The molecule has 3 nitrogen and oxygen atoms in total. The first-order valence-electron chi connectivity index (χ1n) is 5.27. The minimum absolute atomic E-state index is 0.133. The zero-order valence-electron chi connectivity index (χ0n) is 9.46. The van der Waals surface area contributed by atoms with Crippen molar-refractivity contribution in [1.29, 1.82) is 0 Å². The molecule has 1 rings (SSSR count). The molecule has 0 bridgehead atoms. The van der Waals surface area contributed by atoms with Crippen LogP contribution in [-0.2, 0) is 6.42 Å². The molecule has 4 heteroatoms. The van der Waals surface area contributed by atoms with Crippen LogP contribution in [0.2, 0.25) is 0 Å². The molecule has 0 saturated carbocycles. The van der Waals surface area contributed by atoms with Crippen molar-refractivity contribution < 1.29 is 4.74 Å². The van der Waals surface area contributed by atoms with Crippen LogP contribution in [0.25, 0.3) is 0 Å². The third-order valence-electron chi connectivity index (χ3n) is 2.03. The van der Waals surface area contributed by atoms with E-state index < -0.39 is 0 Å². The normalized spacial score (nSPS) is 12.5. The molecule has 0 fully saturated rings. The lowest BCUT2D eigenvalue weighted by atomic mass is 10.2. The van der Waals surface area contributed by atoms with Gasteiger partial charge in [-0.25, -0.2) is 4.98 Å². The highest BCUT2D eigenvalue weighted by Gasteiger charge is 2.07. The number of hydrogen-bond donors (Lipinski definition) is 0. The van der Waals surface area contributed by atoms with E-state index in [4.69, 9.17) is 16.3 Å². The van der Waals surface area contributed by atoms with Crippen molar-refractivity contribution in [3.8, 4) is 5.88 Å². The topological polar surface area (TPSA) is 35.0 Å². The summed E-state index contributed by atoms with van der Waals surface area (Å²) in [5, 5.41) is 0.133. The molecule has 15 heavy (non-hydrogen) atoms. The molecular formula is C11H17ClN2O. The highest BCUT2D eigenvalue weighted by molar-refractivity contribution is 6.20. The highest BCUT2D eigenvalue weighted by Crippen LogP contribution is 2.14. The molecule has 0 radical (unpaired) electrons. The molecule has 1 unspecified atom stereocenters. The number of aromatic nitrogens is 2. The van der Waals surface area contributed by atoms with Gasteiger partial charge in [0.1, 0.15) is 5.82 Å². The van der Waals surface area contributed by atoms with E-state index in [2.05, 4.69) is 16.9 Å². The lowest BCUT2D eigenvalue weighted by molar-refractivity contribution is 0.324. The summed E-state index contributed by atoms with van der Waals surface area (Å²) < 4.78 is 5.35. The first-order chi connectivity index (χ1) is 7.15. The first kappa shape index (κ1) is 12.2. The summed E-state index contributed by atoms with van der Waals surface area (Å²) in [6.07, 6.45) is 1.70. The Kier molecular flexibility index (Phi) is 4.82. The summed E-state index contributed by atoms with van der Waals surface area (Å²) in [7, 11) is 0. The van der Waals surface area contributed by atoms with Gasteiger partial charge in [-0.2, -0.15) is 4.98 Å². The van der Waals surface area contributed by atoms with E-state index in [0.29, 0.717) is 12.5 Å². The van der Waals surface area contributed by atoms with Crippen molar-refractivity contribution >= 4 is 11.6 Å². The molecule has 1 heterocycles. The van der Waals surface area contributed by atoms with Crippen molar-refractivity contribution in [3.05, 3.63) is 17.6 Å². The summed E-state index contributed by atoms with van der Waals surface area (Å²) in [6, 6.07) is 1.86. The maximum absolute atomic E-state index is 6.08. The molecule has 0 saturated heterocycles. The third-order valence-corrected chi connectivity index (χ3v) is 2.50. The second-order valence-corrected chi connectivity index (χ2v) is 4.00. The van der Waals surface area contributed by atoms with Gasteiger partial charge in [-0.3, -0.25) is 0 Å². The lowest BCUT2D eigenvalue weighted by Gasteiger charge is -2.08. The molecular weight excluding hydrogens is 212 g/mol. The monoisotopic (exact) mass is 228 g/mol. The van der Waals surface area contributed by atoms with Crippen LogP contribution in [-0.4, -0.2) is 22.0 Å². The summed E-state index contributed by atoms with van der Waals surface area (Å²) in [5.74, 6) is 1.37. The standard InChI is InChI=1S/C11H17ClN2O/c1-4-9(12)6-10-7-11(15-5-2)14-8(3)13-10/h7,9H,4-6H2,1-3H3. The Morgan fingerprint density at radius 3 is 2.73 bits per heavy atom. The molecule has 0 amide bonds. The van der Waals surface area contributed by atoms with Crippen LogP contribution in [0.4, 0.5) is 0 Å². The Balaban J connectivity index is 2.78. The Bertz CT molecular complexity index is 317. The van der Waals surface area contributed by atoms with E-state index in [1.165, 1.54) is 0 Å². The van der Waals surface area contributed by atoms with E-state index in [9.17, 15) is 0 Å². The van der Waals surface area contributed by atoms with Crippen LogP contribution >= 0.6 is 11.6 Å². The second kappa shape index (κ2) is 5.91. The second-order valence-electron chi connectivity index (χ2n) is 3.39. The van der Waals surface area contributed by atoms with Gasteiger partial charge in [0.25, 0.3) is 0 Å². The van der Waals surface area contributed by atoms with Gasteiger partial charge in [0, 0.05) is 23.6 Å². The molecule has 0 aromatic carbocycles. The number of aryl methyl sites for hydroxylation is 1. The smallest absolute Gasteiger partial charge is 0.216 e. The van der Waals surface area contributed by atoms with Gasteiger partial charge in [-0.05, 0) is 20.3 Å².